The van der Waals surface area contributed by atoms with E-state index in [0.717, 1.165) is 15.6 Å². The minimum Gasteiger partial charge on any atom is -0.467 e. The third-order valence-corrected chi connectivity index (χ3v) is 6.42. The maximum atomic E-state index is 15.7. The number of aromatic nitrogens is 3. The van der Waals surface area contributed by atoms with Crippen LogP contribution in [0.3, 0.4) is 0 Å². The van der Waals surface area contributed by atoms with E-state index in [-0.39, 0.29) is 23.3 Å². The molecule has 156 valence electrons. The fraction of sp³-hybridized carbons (Fsp3) is 0.273. The molecular weight excluding hydrogens is 415 g/mol. The van der Waals surface area contributed by atoms with Crippen molar-refractivity contribution in [2.45, 2.75) is 12.5 Å². The fourth-order valence-corrected chi connectivity index (χ4v) is 4.91. The Morgan fingerprint density at radius 1 is 1.32 bits per heavy atom. The van der Waals surface area contributed by atoms with Gasteiger partial charge in [-0.1, -0.05) is 18.2 Å². The van der Waals surface area contributed by atoms with Crippen LogP contribution in [0.25, 0.3) is 32.2 Å². The highest BCUT2D eigenvalue weighted by molar-refractivity contribution is 7.17. The number of nitrogens with zero attached hydrogens (tertiary/aromatic N) is 5. The molecule has 0 aliphatic carbocycles. The van der Waals surface area contributed by atoms with Crippen LogP contribution in [0, 0.1) is 17.1 Å². The van der Waals surface area contributed by atoms with E-state index < -0.39 is 5.82 Å². The van der Waals surface area contributed by atoms with Gasteiger partial charge in [-0.25, -0.2) is 4.39 Å². The van der Waals surface area contributed by atoms with Crippen LogP contribution in [0.5, 0.6) is 6.01 Å². The summed E-state index contributed by atoms with van der Waals surface area (Å²) in [5.74, 6) is 0.0751. The SMILES string of the molecule is COc1nc(N2CCNC(CC#N)C2)c2cnc(-c3csc4ccccc34)c(F)c2n1. The topological polar surface area (TPSA) is 87.0 Å². The summed E-state index contributed by atoms with van der Waals surface area (Å²) in [7, 11) is 1.47. The first-order valence-electron chi connectivity index (χ1n) is 9.91. The second-order valence-corrected chi connectivity index (χ2v) is 8.23. The van der Waals surface area contributed by atoms with Crippen LogP contribution in [0.15, 0.2) is 35.8 Å². The van der Waals surface area contributed by atoms with Crippen molar-refractivity contribution in [1.82, 2.24) is 20.3 Å². The number of methoxy groups -OCH3 is 1. The summed E-state index contributed by atoms with van der Waals surface area (Å²) in [6.07, 6.45) is 2.02. The third-order valence-electron chi connectivity index (χ3n) is 5.45. The number of anilines is 1. The van der Waals surface area contributed by atoms with Gasteiger partial charge in [0.25, 0.3) is 0 Å². The van der Waals surface area contributed by atoms with Crippen LogP contribution >= 0.6 is 11.3 Å². The Labute approximate surface area is 182 Å². The zero-order chi connectivity index (χ0) is 21.4. The number of hydrogen-bond acceptors (Lipinski definition) is 8. The lowest BCUT2D eigenvalue weighted by Crippen LogP contribution is -2.51. The number of fused-ring (bicyclic) bond motifs is 2. The number of piperazine rings is 1. The molecule has 1 unspecified atom stereocenters. The zero-order valence-corrected chi connectivity index (χ0v) is 17.6. The van der Waals surface area contributed by atoms with E-state index in [4.69, 9.17) is 10.00 Å². The molecule has 5 rings (SSSR count). The lowest BCUT2D eigenvalue weighted by molar-refractivity contribution is 0.380. The van der Waals surface area contributed by atoms with Gasteiger partial charge in [-0.05, 0) is 6.07 Å². The molecule has 4 heterocycles. The van der Waals surface area contributed by atoms with Crippen molar-refractivity contribution in [3.63, 3.8) is 0 Å². The molecule has 31 heavy (non-hydrogen) atoms. The van der Waals surface area contributed by atoms with Gasteiger partial charge in [0.1, 0.15) is 17.0 Å². The second-order valence-electron chi connectivity index (χ2n) is 7.32. The van der Waals surface area contributed by atoms with E-state index >= 15 is 4.39 Å². The first-order valence-corrected chi connectivity index (χ1v) is 10.8. The Bertz CT molecular complexity index is 1320. The van der Waals surface area contributed by atoms with Gasteiger partial charge in [0.15, 0.2) is 5.82 Å². The molecule has 3 aromatic heterocycles. The average molecular weight is 435 g/mol. The minimum atomic E-state index is -0.494. The summed E-state index contributed by atoms with van der Waals surface area (Å²) >= 11 is 1.56. The van der Waals surface area contributed by atoms with Gasteiger partial charge in [0.05, 0.1) is 25.0 Å². The molecule has 1 aromatic carbocycles. The van der Waals surface area contributed by atoms with Crippen molar-refractivity contribution in [2.75, 3.05) is 31.6 Å². The van der Waals surface area contributed by atoms with Gasteiger partial charge in [0, 0.05) is 52.9 Å². The van der Waals surface area contributed by atoms with E-state index in [1.807, 2.05) is 34.5 Å². The molecule has 1 fully saturated rings. The van der Waals surface area contributed by atoms with Crippen LogP contribution in [0.1, 0.15) is 6.42 Å². The van der Waals surface area contributed by atoms with Crippen LogP contribution in [-0.2, 0) is 0 Å². The molecule has 1 saturated heterocycles. The van der Waals surface area contributed by atoms with Crippen LogP contribution in [-0.4, -0.2) is 47.7 Å². The molecule has 7 nitrogen and oxygen atoms in total. The van der Waals surface area contributed by atoms with Gasteiger partial charge in [-0.2, -0.15) is 15.2 Å². The average Bonchev–Trinajstić information content (AvgIpc) is 3.23. The molecule has 1 aliphatic heterocycles. The predicted octanol–water partition coefficient (Wildman–Crippen LogP) is 3.75. The van der Waals surface area contributed by atoms with Gasteiger partial charge in [0.2, 0.25) is 0 Å². The van der Waals surface area contributed by atoms with Crippen LogP contribution in [0.2, 0.25) is 0 Å². The summed E-state index contributed by atoms with van der Waals surface area (Å²) in [5.41, 5.74) is 1.19. The molecular formula is C22H19FN6OS. The lowest BCUT2D eigenvalue weighted by atomic mass is 10.1. The van der Waals surface area contributed by atoms with Crippen molar-refractivity contribution in [2.24, 2.45) is 0 Å². The molecule has 0 amide bonds. The number of pyridine rings is 1. The third kappa shape index (κ3) is 3.44. The monoisotopic (exact) mass is 434 g/mol. The Kier molecular flexibility index (Phi) is 5.10. The van der Waals surface area contributed by atoms with E-state index in [0.29, 0.717) is 37.3 Å². The fourth-order valence-electron chi connectivity index (χ4n) is 3.97. The second kappa shape index (κ2) is 8.06. The van der Waals surface area contributed by atoms with Crippen LogP contribution in [0.4, 0.5) is 10.2 Å². The van der Waals surface area contributed by atoms with E-state index in [1.165, 1.54) is 7.11 Å². The Morgan fingerprint density at radius 3 is 3.03 bits per heavy atom. The zero-order valence-electron chi connectivity index (χ0n) is 16.8. The Hall–Kier alpha value is -3.35. The molecule has 1 atom stereocenters. The summed E-state index contributed by atoms with van der Waals surface area (Å²) in [6.45, 7) is 1.96. The van der Waals surface area contributed by atoms with E-state index in [9.17, 15) is 0 Å². The number of ether oxygens (including phenoxy) is 1. The molecule has 0 bridgehead atoms. The number of rotatable bonds is 4. The predicted molar refractivity (Wildman–Crippen MR) is 119 cm³/mol. The first kappa shape index (κ1) is 19.6. The number of hydrogen-bond donors (Lipinski definition) is 1. The highest BCUT2D eigenvalue weighted by Gasteiger charge is 2.25. The van der Waals surface area contributed by atoms with Gasteiger partial charge < -0.3 is 15.0 Å². The van der Waals surface area contributed by atoms with Gasteiger partial charge in [-0.15, -0.1) is 11.3 Å². The molecule has 0 radical (unpaired) electrons. The van der Waals surface area contributed by atoms with E-state index in [1.54, 1.807) is 17.5 Å². The highest BCUT2D eigenvalue weighted by Crippen LogP contribution is 2.37. The van der Waals surface area contributed by atoms with Gasteiger partial charge in [-0.3, -0.25) is 4.98 Å². The minimum absolute atomic E-state index is 0.0176. The number of thiophene rings is 1. The summed E-state index contributed by atoms with van der Waals surface area (Å²) in [4.78, 5) is 15.3. The quantitative estimate of drug-likeness (QED) is 0.523. The lowest BCUT2D eigenvalue weighted by Gasteiger charge is -2.34. The summed E-state index contributed by atoms with van der Waals surface area (Å²) < 4.78 is 22.1. The van der Waals surface area contributed by atoms with Crippen molar-refractivity contribution >= 4 is 38.1 Å². The Morgan fingerprint density at radius 2 is 2.19 bits per heavy atom. The first-order chi connectivity index (χ1) is 15.2. The van der Waals surface area contributed by atoms with Crippen molar-refractivity contribution in [3.05, 3.63) is 41.7 Å². The molecule has 1 aliphatic rings. The molecule has 9 heteroatoms. The molecule has 0 saturated carbocycles. The number of nitriles is 1. The normalized spacial score (nSPS) is 16.5. The number of halogens is 1. The number of nitrogens with one attached hydrogen (secondary N) is 1. The van der Waals surface area contributed by atoms with Crippen molar-refractivity contribution in [1.29, 1.82) is 5.26 Å². The molecule has 0 spiro atoms. The van der Waals surface area contributed by atoms with Crippen molar-refractivity contribution in [3.8, 4) is 23.3 Å². The number of benzene rings is 1. The Balaban J connectivity index is 1.65. The van der Waals surface area contributed by atoms with Crippen LogP contribution < -0.4 is 15.0 Å². The summed E-state index contributed by atoms with van der Waals surface area (Å²) in [5, 5.41) is 15.8. The smallest absolute Gasteiger partial charge is 0.318 e. The molecule has 1 N–H and O–H groups in total. The highest BCUT2D eigenvalue weighted by atomic mass is 32.1. The van der Waals surface area contributed by atoms with Gasteiger partial charge >= 0.3 is 6.01 Å². The maximum absolute atomic E-state index is 15.7. The largest absolute Gasteiger partial charge is 0.467 e. The maximum Gasteiger partial charge on any atom is 0.318 e. The van der Waals surface area contributed by atoms with E-state index in [2.05, 4.69) is 26.3 Å². The molecule has 4 aromatic rings. The summed E-state index contributed by atoms with van der Waals surface area (Å²) in [6, 6.07) is 10.2. The van der Waals surface area contributed by atoms with Crippen molar-refractivity contribution < 1.29 is 9.13 Å². The standard InChI is InChI=1S/C22H19FN6OS/c1-30-22-27-20-15(21(28-22)29-9-8-25-13(11-29)6-7-24)10-26-19(18(20)23)16-12-31-17-5-3-2-4-14(16)17/h2-5,10,12-13,25H,6,8-9,11H2,1H3.